The summed E-state index contributed by atoms with van der Waals surface area (Å²) < 4.78 is 0. The summed E-state index contributed by atoms with van der Waals surface area (Å²) in [4.78, 5) is 4.28. The average Bonchev–Trinajstić information content (AvgIpc) is 2.04. The normalized spacial score (nSPS) is 14.5. The third-order valence-corrected chi connectivity index (χ3v) is 1.97. The van der Waals surface area contributed by atoms with Crippen molar-refractivity contribution in [2.24, 2.45) is 0 Å². The first-order valence-electron chi connectivity index (χ1n) is 4.19. The van der Waals surface area contributed by atoms with Crippen LogP contribution >= 0.6 is 0 Å². The van der Waals surface area contributed by atoms with E-state index in [4.69, 9.17) is 5.26 Å². The molecule has 0 aliphatic rings. The first kappa shape index (κ1) is 11.4. The maximum absolute atomic E-state index is 8.50. The van der Waals surface area contributed by atoms with Crippen LogP contribution in [0.25, 0.3) is 0 Å². The van der Waals surface area contributed by atoms with Gasteiger partial charge in [-0.15, -0.1) is 0 Å². The highest BCUT2D eigenvalue weighted by Crippen LogP contribution is 2.13. The van der Waals surface area contributed by atoms with Gasteiger partial charge in [-0.25, -0.2) is 4.89 Å². The Kier molecular flexibility index (Phi) is 5.68. The molecule has 0 bridgehead atoms. The predicted molar refractivity (Wildman–Crippen MR) is 51.0 cm³/mol. The van der Waals surface area contributed by atoms with E-state index in [1.54, 1.807) is 0 Å². The molecule has 0 spiro atoms. The van der Waals surface area contributed by atoms with Crippen LogP contribution in [0.15, 0.2) is 23.8 Å². The fourth-order valence-electron chi connectivity index (χ4n) is 0.892. The van der Waals surface area contributed by atoms with Crippen molar-refractivity contribution >= 4 is 0 Å². The molecule has 2 heteroatoms. The standard InChI is InChI=1S/C10H18O2/c1-5-9(4)6-7-10(12-11)8(2)3/h5,10-11H,2,6-7H2,1,3-4H3/b9-5+. The molecule has 1 unspecified atom stereocenters. The zero-order valence-electron chi connectivity index (χ0n) is 8.13. The predicted octanol–water partition coefficient (Wildman–Crippen LogP) is 3.17. The lowest BCUT2D eigenvalue weighted by Crippen LogP contribution is -2.11. The van der Waals surface area contributed by atoms with E-state index in [2.05, 4.69) is 24.5 Å². The lowest BCUT2D eigenvalue weighted by atomic mass is 10.0. The van der Waals surface area contributed by atoms with Crippen molar-refractivity contribution in [3.05, 3.63) is 23.8 Å². The Bertz CT molecular complexity index is 171. The van der Waals surface area contributed by atoms with Gasteiger partial charge in [-0.3, -0.25) is 5.26 Å². The van der Waals surface area contributed by atoms with Gasteiger partial charge in [-0.2, -0.15) is 0 Å². The molecule has 1 N–H and O–H groups in total. The summed E-state index contributed by atoms with van der Waals surface area (Å²) in [5.41, 5.74) is 2.17. The van der Waals surface area contributed by atoms with Crippen LogP contribution in [0.4, 0.5) is 0 Å². The van der Waals surface area contributed by atoms with Gasteiger partial charge in [0.05, 0.1) is 0 Å². The summed E-state index contributed by atoms with van der Waals surface area (Å²) in [6, 6.07) is 0. The summed E-state index contributed by atoms with van der Waals surface area (Å²) in [7, 11) is 0. The smallest absolute Gasteiger partial charge is 0.113 e. The van der Waals surface area contributed by atoms with Gasteiger partial charge in [0.1, 0.15) is 6.10 Å². The van der Waals surface area contributed by atoms with Crippen LogP contribution in [0, 0.1) is 0 Å². The molecule has 0 heterocycles. The molecule has 0 fully saturated rings. The molecule has 0 saturated carbocycles. The Balaban J connectivity index is 3.81. The fourth-order valence-corrected chi connectivity index (χ4v) is 0.892. The van der Waals surface area contributed by atoms with Gasteiger partial charge in [0, 0.05) is 0 Å². The van der Waals surface area contributed by atoms with Gasteiger partial charge < -0.3 is 0 Å². The van der Waals surface area contributed by atoms with Gasteiger partial charge in [-0.1, -0.05) is 18.2 Å². The van der Waals surface area contributed by atoms with Crippen molar-refractivity contribution in [3.63, 3.8) is 0 Å². The lowest BCUT2D eigenvalue weighted by molar-refractivity contribution is -0.269. The van der Waals surface area contributed by atoms with E-state index in [0.29, 0.717) is 0 Å². The molecule has 0 saturated heterocycles. The summed E-state index contributed by atoms with van der Waals surface area (Å²) in [5.74, 6) is 0. The second kappa shape index (κ2) is 5.98. The SMILES string of the molecule is C=C(C)C(CC/C(C)=C/C)OO. The van der Waals surface area contributed by atoms with Gasteiger partial charge in [0.2, 0.25) is 0 Å². The molecule has 2 nitrogen and oxygen atoms in total. The molecule has 70 valence electrons. The van der Waals surface area contributed by atoms with Gasteiger partial charge in [-0.05, 0) is 39.2 Å². The van der Waals surface area contributed by atoms with Crippen LogP contribution in [0.5, 0.6) is 0 Å². The Hall–Kier alpha value is -0.600. The van der Waals surface area contributed by atoms with Crippen LogP contribution < -0.4 is 0 Å². The Labute approximate surface area is 74.5 Å². The maximum Gasteiger partial charge on any atom is 0.113 e. The molecule has 0 radical (unpaired) electrons. The number of hydrogen-bond acceptors (Lipinski definition) is 2. The van der Waals surface area contributed by atoms with E-state index >= 15 is 0 Å². The van der Waals surface area contributed by atoms with Crippen molar-refractivity contribution < 1.29 is 10.1 Å². The van der Waals surface area contributed by atoms with Crippen LogP contribution in [0.3, 0.4) is 0 Å². The highest BCUT2D eigenvalue weighted by atomic mass is 17.1. The second-order valence-electron chi connectivity index (χ2n) is 3.11. The van der Waals surface area contributed by atoms with E-state index < -0.39 is 0 Å². The van der Waals surface area contributed by atoms with Gasteiger partial charge in [0.25, 0.3) is 0 Å². The summed E-state index contributed by atoms with van der Waals surface area (Å²) >= 11 is 0. The Morgan fingerprint density at radius 1 is 1.58 bits per heavy atom. The number of rotatable bonds is 5. The van der Waals surface area contributed by atoms with Gasteiger partial charge >= 0.3 is 0 Å². The van der Waals surface area contributed by atoms with E-state index in [9.17, 15) is 0 Å². The van der Waals surface area contributed by atoms with Crippen molar-refractivity contribution in [2.45, 2.75) is 39.7 Å². The first-order valence-corrected chi connectivity index (χ1v) is 4.19. The minimum Gasteiger partial charge on any atom is -0.251 e. The molecule has 1 atom stereocenters. The third kappa shape index (κ3) is 4.31. The average molecular weight is 170 g/mol. The number of allylic oxidation sites excluding steroid dienone is 2. The Morgan fingerprint density at radius 2 is 2.17 bits per heavy atom. The first-order chi connectivity index (χ1) is 5.61. The second-order valence-corrected chi connectivity index (χ2v) is 3.11. The van der Waals surface area contributed by atoms with Crippen LogP contribution in [0.2, 0.25) is 0 Å². The topological polar surface area (TPSA) is 29.5 Å². The summed E-state index contributed by atoms with van der Waals surface area (Å²) in [6.45, 7) is 9.65. The third-order valence-electron chi connectivity index (χ3n) is 1.97. The molecule has 0 aromatic heterocycles. The minimum atomic E-state index is -0.222. The molecule has 0 aliphatic heterocycles. The number of hydrogen-bond donors (Lipinski definition) is 1. The van der Waals surface area contributed by atoms with Crippen LogP contribution in [-0.4, -0.2) is 11.4 Å². The highest BCUT2D eigenvalue weighted by molar-refractivity contribution is 5.01. The quantitative estimate of drug-likeness (QED) is 0.390. The molecule has 0 rings (SSSR count). The van der Waals surface area contributed by atoms with Crippen molar-refractivity contribution in [2.75, 3.05) is 0 Å². The van der Waals surface area contributed by atoms with Crippen molar-refractivity contribution in [1.29, 1.82) is 0 Å². The maximum atomic E-state index is 8.50. The molecule has 0 aromatic rings. The van der Waals surface area contributed by atoms with Gasteiger partial charge in [0.15, 0.2) is 0 Å². The molecule has 12 heavy (non-hydrogen) atoms. The molecular formula is C10H18O2. The van der Waals surface area contributed by atoms with E-state index in [1.165, 1.54) is 5.57 Å². The van der Waals surface area contributed by atoms with E-state index in [1.807, 2.05) is 13.8 Å². The zero-order valence-corrected chi connectivity index (χ0v) is 8.13. The van der Waals surface area contributed by atoms with E-state index in [-0.39, 0.29) is 6.10 Å². The monoisotopic (exact) mass is 170 g/mol. The minimum absolute atomic E-state index is 0.222. The molecule has 0 amide bonds. The zero-order chi connectivity index (χ0) is 9.56. The lowest BCUT2D eigenvalue weighted by Gasteiger charge is -2.12. The Morgan fingerprint density at radius 3 is 2.50 bits per heavy atom. The van der Waals surface area contributed by atoms with Crippen molar-refractivity contribution in [1.82, 2.24) is 0 Å². The molecule has 0 aromatic carbocycles. The summed E-state index contributed by atoms with van der Waals surface area (Å²) in [6.07, 6.45) is 3.57. The largest absolute Gasteiger partial charge is 0.251 e. The van der Waals surface area contributed by atoms with Crippen LogP contribution in [-0.2, 0) is 4.89 Å². The summed E-state index contributed by atoms with van der Waals surface area (Å²) in [5, 5.41) is 8.50. The van der Waals surface area contributed by atoms with E-state index in [0.717, 1.165) is 18.4 Å². The fraction of sp³-hybridized carbons (Fsp3) is 0.600. The molecular weight excluding hydrogens is 152 g/mol. The van der Waals surface area contributed by atoms with Crippen LogP contribution in [0.1, 0.15) is 33.6 Å². The molecule has 0 aliphatic carbocycles. The van der Waals surface area contributed by atoms with Crippen molar-refractivity contribution in [3.8, 4) is 0 Å². The highest BCUT2D eigenvalue weighted by Gasteiger charge is 2.08.